The van der Waals surface area contributed by atoms with Gasteiger partial charge in [0.2, 0.25) is 12.7 Å². The van der Waals surface area contributed by atoms with Gasteiger partial charge in [-0.2, -0.15) is 0 Å². The van der Waals surface area contributed by atoms with Crippen LogP contribution in [0.5, 0.6) is 11.5 Å². The van der Waals surface area contributed by atoms with Crippen LogP contribution in [0.15, 0.2) is 52.4 Å². The number of benzene rings is 2. The van der Waals surface area contributed by atoms with Gasteiger partial charge >= 0.3 is 0 Å². The van der Waals surface area contributed by atoms with E-state index in [4.69, 9.17) is 9.47 Å². The first kappa shape index (κ1) is 19.3. The summed E-state index contributed by atoms with van der Waals surface area (Å²) in [6, 6.07) is 12.5. The number of nitrogens with zero attached hydrogens (tertiary/aromatic N) is 2. The minimum atomic E-state index is -0.188. The van der Waals surface area contributed by atoms with Crippen molar-refractivity contribution in [3.8, 4) is 11.5 Å². The fourth-order valence-corrected chi connectivity index (χ4v) is 3.89. The highest BCUT2D eigenvalue weighted by Gasteiger charge is 2.16. The maximum atomic E-state index is 12.9. The third kappa shape index (κ3) is 4.22. The van der Waals surface area contributed by atoms with Crippen molar-refractivity contribution in [2.45, 2.75) is 25.5 Å². The summed E-state index contributed by atoms with van der Waals surface area (Å²) < 4.78 is 12.3. The molecule has 1 N–H and O–H groups in total. The zero-order chi connectivity index (χ0) is 20.4. The van der Waals surface area contributed by atoms with Gasteiger partial charge in [-0.15, -0.1) is 0 Å². The highest BCUT2D eigenvalue weighted by Crippen LogP contribution is 2.34. The molecular formula is C21H21N3O4S. The molecule has 1 amide bonds. The summed E-state index contributed by atoms with van der Waals surface area (Å²) in [5, 5.41) is 3.97. The fourth-order valence-electron chi connectivity index (χ4n) is 3.09. The van der Waals surface area contributed by atoms with Crippen LogP contribution in [0.3, 0.4) is 0 Å². The fraction of sp³-hybridized carbons (Fsp3) is 0.286. The number of thioether (sulfide) groups is 1. The summed E-state index contributed by atoms with van der Waals surface area (Å²) in [6.45, 7) is 4.82. The van der Waals surface area contributed by atoms with Crippen molar-refractivity contribution in [3.05, 3.63) is 52.8 Å². The van der Waals surface area contributed by atoms with Gasteiger partial charge in [-0.25, -0.2) is 4.98 Å². The van der Waals surface area contributed by atoms with Gasteiger partial charge in [0.1, 0.15) is 0 Å². The van der Waals surface area contributed by atoms with E-state index in [0.717, 1.165) is 0 Å². The van der Waals surface area contributed by atoms with E-state index in [9.17, 15) is 9.59 Å². The van der Waals surface area contributed by atoms with Crippen LogP contribution < -0.4 is 20.3 Å². The Morgan fingerprint density at radius 2 is 2.00 bits per heavy atom. The molecule has 4 rings (SSSR count). The lowest BCUT2D eigenvalue weighted by Gasteiger charge is -2.15. The molecule has 1 aliphatic heterocycles. The number of rotatable bonds is 6. The van der Waals surface area contributed by atoms with Crippen molar-refractivity contribution in [2.75, 3.05) is 17.9 Å². The first-order valence-corrected chi connectivity index (χ1v) is 10.3. The van der Waals surface area contributed by atoms with Crippen molar-refractivity contribution >= 4 is 34.3 Å². The van der Waals surface area contributed by atoms with Crippen LogP contribution in [0.2, 0.25) is 0 Å². The summed E-state index contributed by atoms with van der Waals surface area (Å²) in [5.74, 6) is 1.50. The lowest BCUT2D eigenvalue weighted by atomic mass is 10.2. The van der Waals surface area contributed by atoms with Crippen LogP contribution >= 0.6 is 11.8 Å². The van der Waals surface area contributed by atoms with Gasteiger partial charge in [-0.1, -0.05) is 37.7 Å². The van der Waals surface area contributed by atoms with Crippen molar-refractivity contribution in [2.24, 2.45) is 5.92 Å². The molecule has 3 aromatic rings. The van der Waals surface area contributed by atoms with E-state index >= 15 is 0 Å². The molecule has 29 heavy (non-hydrogen) atoms. The number of hydrogen-bond donors (Lipinski definition) is 1. The summed E-state index contributed by atoms with van der Waals surface area (Å²) in [6.07, 6.45) is 0. The van der Waals surface area contributed by atoms with Crippen LogP contribution in [0.25, 0.3) is 10.9 Å². The monoisotopic (exact) mass is 411 g/mol. The molecule has 0 fully saturated rings. The molecule has 0 radical (unpaired) electrons. The molecule has 1 aromatic heterocycles. The Hall–Kier alpha value is -3.00. The molecule has 0 aliphatic carbocycles. The number of ether oxygens (including phenoxy) is 2. The standard InChI is InChI=1S/C21H21N3O4S/c1-13(2)10-24-20(26)15-5-3-4-6-16(15)23-21(24)29-11-19(25)22-14-7-8-17-18(9-14)28-12-27-17/h3-9,13H,10-12H2,1-2H3,(H,22,25). The lowest BCUT2D eigenvalue weighted by Crippen LogP contribution is -2.26. The number of hydrogen-bond acceptors (Lipinski definition) is 6. The minimum absolute atomic E-state index is 0.0806. The maximum Gasteiger partial charge on any atom is 0.262 e. The Morgan fingerprint density at radius 1 is 1.21 bits per heavy atom. The normalized spacial score (nSPS) is 12.5. The van der Waals surface area contributed by atoms with Crippen molar-refractivity contribution in [3.63, 3.8) is 0 Å². The van der Waals surface area contributed by atoms with Crippen LogP contribution in [0.1, 0.15) is 13.8 Å². The number of amides is 1. The van der Waals surface area contributed by atoms with Gasteiger partial charge in [0, 0.05) is 18.3 Å². The number of nitrogens with one attached hydrogen (secondary N) is 1. The molecule has 1 aliphatic rings. The zero-order valence-corrected chi connectivity index (χ0v) is 17.0. The highest BCUT2D eigenvalue weighted by atomic mass is 32.2. The Morgan fingerprint density at radius 3 is 2.83 bits per heavy atom. The van der Waals surface area contributed by atoms with Gasteiger partial charge in [-0.05, 0) is 30.2 Å². The van der Waals surface area contributed by atoms with E-state index in [0.29, 0.717) is 39.8 Å². The first-order valence-electron chi connectivity index (χ1n) is 9.33. The van der Waals surface area contributed by atoms with E-state index in [1.54, 1.807) is 28.8 Å². The molecule has 0 spiro atoms. The summed E-state index contributed by atoms with van der Waals surface area (Å²) in [4.78, 5) is 30.0. The molecule has 2 heterocycles. The van der Waals surface area contributed by atoms with Crippen LogP contribution in [-0.2, 0) is 11.3 Å². The number of carbonyl (C=O) groups is 1. The molecule has 7 nitrogen and oxygen atoms in total. The van der Waals surface area contributed by atoms with E-state index in [1.165, 1.54) is 11.8 Å². The third-order valence-corrected chi connectivity index (χ3v) is 5.34. The van der Waals surface area contributed by atoms with Gasteiger partial charge in [-0.3, -0.25) is 14.2 Å². The average molecular weight is 411 g/mol. The van der Waals surface area contributed by atoms with Crippen molar-refractivity contribution in [1.29, 1.82) is 0 Å². The number of carbonyl (C=O) groups excluding carboxylic acids is 1. The molecular weight excluding hydrogens is 390 g/mol. The number of fused-ring (bicyclic) bond motifs is 2. The van der Waals surface area contributed by atoms with Gasteiger partial charge in [0.05, 0.1) is 16.7 Å². The topological polar surface area (TPSA) is 82.5 Å². The molecule has 150 valence electrons. The van der Waals surface area contributed by atoms with Gasteiger partial charge in [0.15, 0.2) is 16.7 Å². The largest absolute Gasteiger partial charge is 0.454 e. The van der Waals surface area contributed by atoms with Gasteiger partial charge < -0.3 is 14.8 Å². The summed E-state index contributed by atoms with van der Waals surface area (Å²) >= 11 is 1.25. The average Bonchev–Trinajstić information content (AvgIpc) is 3.16. The molecule has 0 atom stereocenters. The van der Waals surface area contributed by atoms with E-state index in [1.807, 2.05) is 32.0 Å². The predicted octanol–water partition coefficient (Wildman–Crippen LogP) is 3.51. The second-order valence-corrected chi connectivity index (χ2v) is 8.07. The predicted molar refractivity (Wildman–Crippen MR) is 113 cm³/mol. The van der Waals surface area contributed by atoms with E-state index in [2.05, 4.69) is 10.3 Å². The zero-order valence-electron chi connectivity index (χ0n) is 16.2. The SMILES string of the molecule is CC(C)Cn1c(SCC(=O)Nc2ccc3c(c2)OCO3)nc2ccccc2c1=O. The summed E-state index contributed by atoms with van der Waals surface area (Å²) in [7, 11) is 0. The minimum Gasteiger partial charge on any atom is -0.454 e. The highest BCUT2D eigenvalue weighted by molar-refractivity contribution is 7.99. The maximum absolute atomic E-state index is 12.9. The van der Waals surface area contributed by atoms with Crippen molar-refractivity contribution < 1.29 is 14.3 Å². The third-order valence-electron chi connectivity index (χ3n) is 4.36. The van der Waals surface area contributed by atoms with Crippen LogP contribution in [0.4, 0.5) is 5.69 Å². The molecule has 0 bridgehead atoms. The molecule has 0 saturated heterocycles. The number of anilines is 1. The van der Waals surface area contributed by atoms with Crippen LogP contribution in [0, 0.1) is 5.92 Å². The van der Waals surface area contributed by atoms with E-state index < -0.39 is 0 Å². The Balaban J connectivity index is 1.52. The van der Waals surface area contributed by atoms with Crippen LogP contribution in [-0.4, -0.2) is 28.0 Å². The number of aromatic nitrogens is 2. The first-order chi connectivity index (χ1) is 14.0. The lowest BCUT2D eigenvalue weighted by molar-refractivity contribution is -0.113. The Kier molecular flexibility index (Phi) is 5.44. The van der Waals surface area contributed by atoms with Crippen molar-refractivity contribution in [1.82, 2.24) is 9.55 Å². The second-order valence-electron chi connectivity index (χ2n) is 7.13. The quantitative estimate of drug-likeness (QED) is 0.494. The van der Waals surface area contributed by atoms with Gasteiger partial charge in [0.25, 0.3) is 5.56 Å². The summed E-state index contributed by atoms with van der Waals surface area (Å²) in [5.41, 5.74) is 1.19. The molecule has 2 aromatic carbocycles. The molecule has 8 heteroatoms. The smallest absolute Gasteiger partial charge is 0.262 e. The molecule has 0 saturated carbocycles. The Labute approximate surface area is 172 Å². The van der Waals surface area contributed by atoms with E-state index in [-0.39, 0.29) is 29.9 Å². The molecule has 0 unspecified atom stereocenters. The number of para-hydroxylation sites is 1. The Bertz CT molecular complexity index is 1130. The second kappa shape index (κ2) is 8.16.